The molecule has 1 N–H and O–H groups in total. The molecule has 3 nitrogen and oxygen atoms in total. The Labute approximate surface area is 136 Å². The van der Waals surface area contributed by atoms with Gasteiger partial charge in [0.15, 0.2) is 0 Å². The van der Waals surface area contributed by atoms with Crippen molar-refractivity contribution in [1.29, 1.82) is 0 Å². The first kappa shape index (κ1) is 16.5. The SMILES string of the molecule is Cc1ccc(Br)c(C(=O)NCC(C)CN2CCCCC2)c1. The van der Waals surface area contributed by atoms with Crippen LogP contribution < -0.4 is 5.32 Å². The predicted molar refractivity (Wildman–Crippen MR) is 90.7 cm³/mol. The number of piperidine rings is 1. The van der Waals surface area contributed by atoms with Crippen molar-refractivity contribution in [2.75, 3.05) is 26.2 Å². The quantitative estimate of drug-likeness (QED) is 0.877. The molecule has 4 heteroatoms. The Kier molecular flexibility index (Phi) is 6.24. The summed E-state index contributed by atoms with van der Waals surface area (Å²) >= 11 is 3.45. The Morgan fingerprint density at radius 3 is 2.76 bits per heavy atom. The lowest BCUT2D eigenvalue weighted by molar-refractivity contribution is 0.0941. The molecule has 0 aliphatic carbocycles. The van der Waals surface area contributed by atoms with Crippen molar-refractivity contribution in [3.63, 3.8) is 0 Å². The Balaban J connectivity index is 1.81. The van der Waals surface area contributed by atoms with Crippen molar-refractivity contribution in [2.45, 2.75) is 33.1 Å². The molecule has 1 saturated heterocycles. The number of halogens is 1. The number of rotatable bonds is 5. The summed E-state index contributed by atoms with van der Waals surface area (Å²) in [4.78, 5) is 14.8. The number of amides is 1. The molecule has 1 fully saturated rings. The van der Waals surface area contributed by atoms with Crippen LogP contribution in [0.5, 0.6) is 0 Å². The molecule has 1 unspecified atom stereocenters. The fraction of sp³-hybridized carbons (Fsp3) is 0.588. The highest BCUT2D eigenvalue weighted by Crippen LogP contribution is 2.18. The van der Waals surface area contributed by atoms with Crippen LogP contribution >= 0.6 is 15.9 Å². The molecule has 1 heterocycles. The number of benzene rings is 1. The minimum Gasteiger partial charge on any atom is -0.352 e. The van der Waals surface area contributed by atoms with Gasteiger partial charge in [-0.1, -0.05) is 25.0 Å². The Hall–Kier alpha value is -0.870. The fourth-order valence-corrected chi connectivity index (χ4v) is 3.25. The summed E-state index contributed by atoms with van der Waals surface area (Å²) in [6.07, 6.45) is 3.99. The van der Waals surface area contributed by atoms with Crippen molar-refractivity contribution in [3.8, 4) is 0 Å². The van der Waals surface area contributed by atoms with Crippen LogP contribution in [-0.2, 0) is 0 Å². The second-order valence-corrected chi connectivity index (χ2v) is 7.01. The maximum absolute atomic E-state index is 12.3. The number of carbonyl (C=O) groups excluding carboxylic acids is 1. The summed E-state index contributed by atoms with van der Waals surface area (Å²) in [5, 5.41) is 3.06. The van der Waals surface area contributed by atoms with E-state index in [0.29, 0.717) is 5.92 Å². The zero-order valence-electron chi connectivity index (χ0n) is 13.0. The number of hydrogen-bond donors (Lipinski definition) is 1. The summed E-state index contributed by atoms with van der Waals surface area (Å²) < 4.78 is 0.856. The minimum absolute atomic E-state index is 0.0102. The maximum Gasteiger partial charge on any atom is 0.252 e. The van der Waals surface area contributed by atoms with E-state index in [0.717, 1.165) is 28.7 Å². The van der Waals surface area contributed by atoms with Gasteiger partial charge >= 0.3 is 0 Å². The van der Waals surface area contributed by atoms with Crippen LogP contribution in [0, 0.1) is 12.8 Å². The first-order chi connectivity index (χ1) is 10.1. The molecule has 0 aromatic heterocycles. The molecule has 1 aliphatic rings. The van der Waals surface area contributed by atoms with Crippen LogP contribution in [0.15, 0.2) is 22.7 Å². The first-order valence-corrected chi connectivity index (χ1v) is 8.62. The van der Waals surface area contributed by atoms with Gasteiger partial charge in [-0.25, -0.2) is 0 Å². The third-order valence-corrected chi connectivity index (χ3v) is 4.69. The molecule has 21 heavy (non-hydrogen) atoms. The summed E-state index contributed by atoms with van der Waals surface area (Å²) in [7, 11) is 0. The minimum atomic E-state index is 0.0102. The second kappa shape index (κ2) is 7.95. The van der Waals surface area contributed by atoms with Crippen molar-refractivity contribution in [2.24, 2.45) is 5.92 Å². The van der Waals surface area contributed by atoms with E-state index in [9.17, 15) is 4.79 Å². The normalized spacial score (nSPS) is 17.5. The number of hydrogen-bond acceptors (Lipinski definition) is 2. The number of carbonyl (C=O) groups is 1. The van der Waals surface area contributed by atoms with Gasteiger partial charge in [0.25, 0.3) is 5.91 Å². The average Bonchev–Trinajstić information content (AvgIpc) is 2.48. The van der Waals surface area contributed by atoms with E-state index < -0.39 is 0 Å². The van der Waals surface area contributed by atoms with Crippen LogP contribution in [0.4, 0.5) is 0 Å². The van der Waals surface area contributed by atoms with E-state index in [4.69, 9.17) is 0 Å². The average molecular weight is 353 g/mol. The van der Waals surface area contributed by atoms with Gasteiger partial charge in [-0.15, -0.1) is 0 Å². The molecule has 0 saturated carbocycles. The lowest BCUT2D eigenvalue weighted by atomic mass is 10.1. The van der Waals surface area contributed by atoms with Crippen LogP contribution in [0.2, 0.25) is 0 Å². The number of likely N-dealkylation sites (tertiary alicyclic amines) is 1. The largest absolute Gasteiger partial charge is 0.352 e. The highest BCUT2D eigenvalue weighted by Gasteiger charge is 2.15. The zero-order valence-corrected chi connectivity index (χ0v) is 14.6. The van der Waals surface area contributed by atoms with E-state index in [1.807, 2.05) is 25.1 Å². The van der Waals surface area contributed by atoms with Gasteiger partial charge < -0.3 is 10.2 Å². The van der Waals surface area contributed by atoms with Gasteiger partial charge in [0.2, 0.25) is 0 Å². The van der Waals surface area contributed by atoms with Crippen molar-refractivity contribution < 1.29 is 4.79 Å². The van der Waals surface area contributed by atoms with Crippen molar-refractivity contribution in [1.82, 2.24) is 10.2 Å². The van der Waals surface area contributed by atoms with Crippen molar-refractivity contribution in [3.05, 3.63) is 33.8 Å². The molecule has 0 spiro atoms. The van der Waals surface area contributed by atoms with Crippen LogP contribution in [0.3, 0.4) is 0 Å². The standard InChI is InChI=1S/C17H25BrN2O/c1-13-6-7-16(18)15(10-13)17(21)19-11-14(2)12-20-8-4-3-5-9-20/h6-7,10,14H,3-5,8-9,11-12H2,1-2H3,(H,19,21). The second-order valence-electron chi connectivity index (χ2n) is 6.16. The predicted octanol–water partition coefficient (Wildman–Crippen LogP) is 3.61. The third-order valence-electron chi connectivity index (χ3n) is 4.00. The van der Waals surface area contributed by atoms with Gasteiger partial charge in [0, 0.05) is 17.6 Å². The molecule has 0 radical (unpaired) electrons. The first-order valence-electron chi connectivity index (χ1n) is 7.83. The summed E-state index contributed by atoms with van der Waals surface area (Å²) in [5.74, 6) is 0.492. The van der Waals surface area contributed by atoms with Gasteiger partial charge in [0.05, 0.1) is 5.56 Å². The Morgan fingerprint density at radius 2 is 2.05 bits per heavy atom. The monoisotopic (exact) mass is 352 g/mol. The van der Waals surface area contributed by atoms with Gasteiger partial charge in [-0.05, 0) is 66.8 Å². The molecule has 1 aromatic carbocycles. The molecule has 1 aromatic rings. The van der Waals surface area contributed by atoms with Gasteiger partial charge in [-0.3, -0.25) is 4.79 Å². The molecule has 2 rings (SSSR count). The number of nitrogens with zero attached hydrogens (tertiary/aromatic N) is 1. The Bertz CT molecular complexity index is 484. The molecule has 116 valence electrons. The van der Waals surface area contributed by atoms with E-state index >= 15 is 0 Å². The molecule has 1 amide bonds. The third kappa shape index (κ3) is 5.11. The lowest BCUT2D eigenvalue weighted by Gasteiger charge is -2.29. The number of aryl methyl sites for hydroxylation is 1. The highest BCUT2D eigenvalue weighted by atomic mass is 79.9. The van der Waals surface area contributed by atoms with Gasteiger partial charge in [-0.2, -0.15) is 0 Å². The summed E-state index contributed by atoms with van der Waals surface area (Å²) in [6, 6.07) is 5.86. The van der Waals surface area contributed by atoms with Crippen LogP contribution in [0.1, 0.15) is 42.1 Å². The molecule has 1 aliphatic heterocycles. The zero-order chi connectivity index (χ0) is 15.2. The Morgan fingerprint density at radius 1 is 1.33 bits per heavy atom. The van der Waals surface area contributed by atoms with Crippen LogP contribution in [-0.4, -0.2) is 37.0 Å². The fourth-order valence-electron chi connectivity index (χ4n) is 2.82. The van der Waals surface area contributed by atoms with Crippen LogP contribution in [0.25, 0.3) is 0 Å². The summed E-state index contributed by atoms with van der Waals surface area (Å²) in [5.41, 5.74) is 1.82. The summed E-state index contributed by atoms with van der Waals surface area (Å²) in [6.45, 7) is 8.44. The number of nitrogens with one attached hydrogen (secondary N) is 1. The topological polar surface area (TPSA) is 32.3 Å². The molecule has 1 atom stereocenters. The maximum atomic E-state index is 12.3. The molecular weight excluding hydrogens is 328 g/mol. The lowest BCUT2D eigenvalue weighted by Crippen LogP contribution is -2.38. The molecule has 0 bridgehead atoms. The van der Waals surface area contributed by atoms with E-state index in [1.54, 1.807) is 0 Å². The van der Waals surface area contributed by atoms with E-state index in [1.165, 1.54) is 32.4 Å². The van der Waals surface area contributed by atoms with E-state index in [2.05, 4.69) is 33.1 Å². The van der Waals surface area contributed by atoms with Gasteiger partial charge in [0.1, 0.15) is 0 Å². The smallest absolute Gasteiger partial charge is 0.252 e. The highest BCUT2D eigenvalue weighted by molar-refractivity contribution is 9.10. The van der Waals surface area contributed by atoms with E-state index in [-0.39, 0.29) is 5.91 Å². The van der Waals surface area contributed by atoms with Crippen molar-refractivity contribution >= 4 is 21.8 Å². The molecular formula is C17H25BrN2O.